The molecule has 1 amide bonds. The Hall–Kier alpha value is -1.75. The van der Waals surface area contributed by atoms with Gasteiger partial charge in [-0.25, -0.2) is 0 Å². The van der Waals surface area contributed by atoms with Gasteiger partial charge in [-0.05, 0) is 37.1 Å². The van der Waals surface area contributed by atoms with E-state index in [2.05, 4.69) is 0 Å². The largest absolute Gasteiger partial charge is 0.497 e. The second-order valence-electron chi connectivity index (χ2n) is 4.99. The number of benzene rings is 1. The number of aliphatic hydroxyl groups is 1. The molecule has 1 aliphatic rings. The second-order valence-corrected chi connectivity index (χ2v) is 4.99. The molecule has 1 atom stereocenters. The quantitative estimate of drug-likeness (QED) is 0.882. The Kier molecular flexibility index (Phi) is 5.24. The van der Waals surface area contributed by atoms with Crippen LogP contribution in [-0.4, -0.2) is 49.3 Å². The van der Waals surface area contributed by atoms with E-state index in [0.717, 1.165) is 30.9 Å². The highest BCUT2D eigenvalue weighted by Gasteiger charge is 2.23. The van der Waals surface area contributed by atoms with Gasteiger partial charge in [-0.15, -0.1) is 0 Å². The highest BCUT2D eigenvalue weighted by molar-refractivity contribution is 5.77. The van der Waals surface area contributed by atoms with Crippen molar-refractivity contribution in [2.75, 3.05) is 33.4 Å². The summed E-state index contributed by atoms with van der Waals surface area (Å²) in [7, 11) is 1.63. The summed E-state index contributed by atoms with van der Waals surface area (Å²) in [6, 6.07) is 7.46. The summed E-state index contributed by atoms with van der Waals surface area (Å²) >= 11 is 0. The van der Waals surface area contributed by atoms with E-state index in [1.165, 1.54) is 0 Å². The summed E-state index contributed by atoms with van der Waals surface area (Å²) in [6.07, 6.45) is 2.01. The fourth-order valence-corrected chi connectivity index (χ4v) is 2.41. The first-order valence-electron chi connectivity index (χ1n) is 6.88. The number of carbonyl (C=O) groups excluding carboxylic acids is 1. The molecule has 0 bridgehead atoms. The number of amides is 1. The predicted octanol–water partition coefficient (Wildman–Crippen LogP) is 1.30. The smallest absolute Gasteiger partial charge is 0.248 e. The molecule has 2 rings (SSSR count). The van der Waals surface area contributed by atoms with Crippen LogP contribution in [0.3, 0.4) is 0 Å². The van der Waals surface area contributed by atoms with Crippen LogP contribution in [0.1, 0.15) is 12.8 Å². The Labute approximate surface area is 119 Å². The van der Waals surface area contributed by atoms with Crippen LogP contribution >= 0.6 is 0 Å². The Balaban J connectivity index is 1.82. The highest BCUT2D eigenvalue weighted by Crippen LogP contribution is 2.21. The number of nitrogens with zero attached hydrogens (tertiary/aromatic N) is 1. The van der Waals surface area contributed by atoms with Crippen LogP contribution in [0.5, 0.6) is 11.5 Å². The molecule has 0 radical (unpaired) electrons. The predicted molar refractivity (Wildman–Crippen MR) is 74.9 cm³/mol. The molecule has 0 aliphatic carbocycles. The van der Waals surface area contributed by atoms with Crippen LogP contribution < -0.4 is 9.47 Å². The number of piperidine rings is 1. The molecule has 1 aromatic rings. The van der Waals surface area contributed by atoms with E-state index in [4.69, 9.17) is 14.6 Å². The molecule has 1 aromatic carbocycles. The maximum atomic E-state index is 11.5. The van der Waals surface area contributed by atoms with E-state index in [0.29, 0.717) is 19.1 Å². The molecule has 1 N–H and O–H groups in total. The molecule has 1 unspecified atom stereocenters. The first-order valence-corrected chi connectivity index (χ1v) is 6.88. The standard InChI is InChI=1S/C15H21NO4/c1-19-13-4-6-14(7-5-13)20-11-12-3-2-8-16(9-12)15(18)10-17/h4-7,12,17H,2-3,8-11H2,1H3. The molecule has 1 fully saturated rings. The van der Waals surface area contributed by atoms with Crippen LogP contribution in [0.4, 0.5) is 0 Å². The third-order valence-electron chi connectivity index (χ3n) is 3.55. The number of ether oxygens (including phenoxy) is 2. The lowest BCUT2D eigenvalue weighted by molar-refractivity contribution is -0.136. The number of hydrogen-bond donors (Lipinski definition) is 1. The summed E-state index contributed by atoms with van der Waals surface area (Å²) in [4.78, 5) is 13.2. The molecular weight excluding hydrogens is 258 g/mol. The fraction of sp³-hybridized carbons (Fsp3) is 0.533. The summed E-state index contributed by atoms with van der Waals surface area (Å²) in [5.41, 5.74) is 0. The van der Waals surface area contributed by atoms with Crippen LogP contribution in [-0.2, 0) is 4.79 Å². The van der Waals surface area contributed by atoms with Crippen molar-refractivity contribution in [1.82, 2.24) is 4.90 Å². The summed E-state index contributed by atoms with van der Waals surface area (Å²) in [6.45, 7) is 1.57. The van der Waals surface area contributed by atoms with Crippen LogP contribution in [0, 0.1) is 5.92 Å². The van der Waals surface area contributed by atoms with Crippen molar-refractivity contribution in [2.24, 2.45) is 5.92 Å². The molecule has 5 heteroatoms. The van der Waals surface area contributed by atoms with Gasteiger partial charge in [0, 0.05) is 19.0 Å². The molecule has 110 valence electrons. The minimum Gasteiger partial charge on any atom is -0.497 e. The highest BCUT2D eigenvalue weighted by atomic mass is 16.5. The lowest BCUT2D eigenvalue weighted by Crippen LogP contribution is -2.42. The molecule has 1 heterocycles. The van der Waals surface area contributed by atoms with E-state index < -0.39 is 6.61 Å². The Morgan fingerprint density at radius 3 is 2.70 bits per heavy atom. The van der Waals surface area contributed by atoms with Crippen molar-refractivity contribution in [1.29, 1.82) is 0 Å². The number of methoxy groups -OCH3 is 1. The fourth-order valence-electron chi connectivity index (χ4n) is 2.41. The summed E-state index contributed by atoms with van der Waals surface area (Å²) < 4.78 is 10.8. The van der Waals surface area contributed by atoms with Crippen LogP contribution in [0.15, 0.2) is 24.3 Å². The minimum atomic E-state index is -0.411. The van der Waals surface area contributed by atoms with Crippen LogP contribution in [0.2, 0.25) is 0 Å². The van der Waals surface area contributed by atoms with Gasteiger partial charge in [-0.2, -0.15) is 0 Å². The molecule has 20 heavy (non-hydrogen) atoms. The molecule has 0 spiro atoms. The maximum Gasteiger partial charge on any atom is 0.248 e. The van der Waals surface area contributed by atoms with E-state index in [1.54, 1.807) is 12.0 Å². The lowest BCUT2D eigenvalue weighted by atomic mass is 9.99. The Bertz CT molecular complexity index is 432. The normalized spacial score (nSPS) is 18.7. The van der Waals surface area contributed by atoms with Gasteiger partial charge in [0.25, 0.3) is 0 Å². The molecule has 0 saturated carbocycles. The molecular formula is C15H21NO4. The van der Waals surface area contributed by atoms with Crippen molar-refractivity contribution < 1.29 is 19.4 Å². The minimum absolute atomic E-state index is 0.195. The third kappa shape index (κ3) is 3.87. The zero-order valence-electron chi connectivity index (χ0n) is 11.7. The first-order chi connectivity index (χ1) is 9.72. The summed E-state index contributed by atoms with van der Waals surface area (Å²) in [5.74, 6) is 1.73. The van der Waals surface area contributed by atoms with Gasteiger partial charge in [0.05, 0.1) is 13.7 Å². The first kappa shape index (κ1) is 14.7. The van der Waals surface area contributed by atoms with Gasteiger partial charge in [-0.1, -0.05) is 0 Å². The molecule has 1 saturated heterocycles. The lowest BCUT2D eigenvalue weighted by Gasteiger charge is -2.32. The zero-order chi connectivity index (χ0) is 14.4. The SMILES string of the molecule is COc1ccc(OCC2CCCN(C(=O)CO)C2)cc1. The third-order valence-corrected chi connectivity index (χ3v) is 3.55. The van der Waals surface area contributed by atoms with Crippen molar-refractivity contribution in [3.63, 3.8) is 0 Å². The monoisotopic (exact) mass is 279 g/mol. The number of aliphatic hydroxyl groups excluding tert-OH is 1. The Morgan fingerprint density at radius 1 is 1.35 bits per heavy atom. The molecule has 1 aliphatic heterocycles. The number of hydrogen-bond acceptors (Lipinski definition) is 4. The maximum absolute atomic E-state index is 11.5. The van der Waals surface area contributed by atoms with Crippen molar-refractivity contribution in [3.8, 4) is 11.5 Å². The van der Waals surface area contributed by atoms with Gasteiger partial charge in [0.1, 0.15) is 18.1 Å². The zero-order valence-corrected chi connectivity index (χ0v) is 11.7. The van der Waals surface area contributed by atoms with Gasteiger partial charge >= 0.3 is 0 Å². The Morgan fingerprint density at radius 2 is 2.05 bits per heavy atom. The number of carbonyl (C=O) groups is 1. The van der Waals surface area contributed by atoms with Crippen molar-refractivity contribution in [2.45, 2.75) is 12.8 Å². The van der Waals surface area contributed by atoms with Gasteiger partial charge < -0.3 is 19.5 Å². The van der Waals surface area contributed by atoms with E-state index >= 15 is 0 Å². The average molecular weight is 279 g/mol. The van der Waals surface area contributed by atoms with E-state index in [-0.39, 0.29) is 5.91 Å². The van der Waals surface area contributed by atoms with Crippen LogP contribution in [0.25, 0.3) is 0 Å². The number of rotatable bonds is 5. The van der Waals surface area contributed by atoms with E-state index in [9.17, 15) is 4.79 Å². The van der Waals surface area contributed by atoms with Gasteiger partial charge in [-0.3, -0.25) is 4.79 Å². The van der Waals surface area contributed by atoms with E-state index in [1.807, 2.05) is 24.3 Å². The van der Waals surface area contributed by atoms with Gasteiger partial charge in [0.2, 0.25) is 5.91 Å². The van der Waals surface area contributed by atoms with Crippen molar-refractivity contribution >= 4 is 5.91 Å². The second kappa shape index (κ2) is 7.14. The summed E-state index contributed by atoms with van der Waals surface area (Å²) in [5, 5.41) is 8.90. The van der Waals surface area contributed by atoms with Gasteiger partial charge in [0.15, 0.2) is 0 Å². The molecule has 0 aromatic heterocycles. The average Bonchev–Trinajstić information content (AvgIpc) is 2.53. The molecule has 5 nitrogen and oxygen atoms in total. The van der Waals surface area contributed by atoms with Crippen molar-refractivity contribution in [3.05, 3.63) is 24.3 Å². The topological polar surface area (TPSA) is 59.0 Å². The number of likely N-dealkylation sites (tertiary alicyclic amines) is 1.